The number of amides is 2. The van der Waals surface area contributed by atoms with Crippen LogP contribution in [0.1, 0.15) is 32.1 Å². The molecule has 2 heterocycles. The number of benzene rings is 1. The Hall–Kier alpha value is -1.82. The predicted molar refractivity (Wildman–Crippen MR) is 98.5 cm³/mol. The van der Waals surface area contributed by atoms with Crippen molar-refractivity contribution in [1.82, 2.24) is 5.32 Å². The Labute approximate surface area is 151 Å². The molecule has 2 saturated carbocycles. The van der Waals surface area contributed by atoms with Gasteiger partial charge in [0.15, 0.2) is 9.91 Å². The lowest BCUT2D eigenvalue weighted by Gasteiger charge is -2.20. The van der Waals surface area contributed by atoms with Gasteiger partial charge in [0, 0.05) is 12.2 Å². The highest BCUT2D eigenvalue weighted by atomic mass is 32.2. The summed E-state index contributed by atoms with van der Waals surface area (Å²) in [4.78, 5) is 32.3. The van der Waals surface area contributed by atoms with Gasteiger partial charge in [0.25, 0.3) is 11.8 Å². The summed E-state index contributed by atoms with van der Waals surface area (Å²) in [5, 5.41) is 3.56. The molecule has 1 N–H and O–H groups in total. The Morgan fingerprint density at radius 2 is 2.00 bits per heavy atom. The highest BCUT2D eigenvalue weighted by molar-refractivity contribution is 8.17. The van der Waals surface area contributed by atoms with Gasteiger partial charge in [0.05, 0.1) is 6.04 Å². The second kappa shape index (κ2) is 5.59. The van der Waals surface area contributed by atoms with Crippen molar-refractivity contribution in [3.05, 3.63) is 30.3 Å². The van der Waals surface area contributed by atoms with Gasteiger partial charge >= 0.3 is 0 Å². The van der Waals surface area contributed by atoms with E-state index in [-0.39, 0.29) is 11.8 Å². The molecule has 2 bridgehead atoms. The molecule has 130 valence electrons. The van der Waals surface area contributed by atoms with Crippen molar-refractivity contribution in [3.63, 3.8) is 0 Å². The molecule has 2 unspecified atom stereocenters. The summed E-state index contributed by atoms with van der Waals surface area (Å²) in [6.07, 6.45) is 5.55. The average Bonchev–Trinajstić information content (AvgIpc) is 3.36. The largest absolute Gasteiger partial charge is 0.311 e. The number of nitrogens with one attached hydrogen (secondary N) is 1. The van der Waals surface area contributed by atoms with Crippen LogP contribution in [0.3, 0.4) is 0 Å². The van der Waals surface area contributed by atoms with Crippen LogP contribution in [0.25, 0.3) is 0 Å². The van der Waals surface area contributed by atoms with Gasteiger partial charge in [-0.15, -0.1) is 0 Å². The molecule has 2 saturated heterocycles. The number of hydrogen-bond donors (Lipinski definition) is 1. The molecular formula is C19H21N3O2S. The first-order valence-electron chi connectivity index (χ1n) is 9.11. The molecule has 6 heteroatoms. The zero-order valence-electron chi connectivity index (χ0n) is 14.0. The summed E-state index contributed by atoms with van der Waals surface area (Å²) in [6, 6.07) is 9.92. The molecule has 0 aromatic heterocycles. The van der Waals surface area contributed by atoms with E-state index in [0.29, 0.717) is 30.1 Å². The lowest BCUT2D eigenvalue weighted by molar-refractivity contribution is -0.128. The molecule has 5 nitrogen and oxygen atoms in total. The van der Waals surface area contributed by atoms with Gasteiger partial charge in [0.2, 0.25) is 0 Å². The van der Waals surface area contributed by atoms with Crippen molar-refractivity contribution in [3.8, 4) is 0 Å². The van der Waals surface area contributed by atoms with E-state index in [1.165, 1.54) is 31.0 Å². The highest BCUT2D eigenvalue weighted by Crippen LogP contribution is 2.47. The molecule has 4 aliphatic rings. The van der Waals surface area contributed by atoms with Crippen LogP contribution in [-0.4, -0.2) is 34.3 Å². The topological polar surface area (TPSA) is 61.8 Å². The van der Waals surface area contributed by atoms with Crippen LogP contribution in [0, 0.1) is 11.8 Å². The summed E-state index contributed by atoms with van der Waals surface area (Å²) in [6.45, 7) is 0.574. The maximum Gasteiger partial charge on any atom is 0.253 e. The van der Waals surface area contributed by atoms with Gasteiger partial charge in [-0.3, -0.25) is 14.6 Å². The number of para-hydroxylation sites is 1. The standard InChI is InChI=1S/C19H21N3O2S/c23-16-19(8-9-22(17(19)24)14-4-2-1-3-5-14)25-18(21-16)20-15-11-12-6-7-13(15)10-12/h1-5,12-13,15H,6-11H2,(H,20,21,23)/t12-,13?,15+,19?/m1/s1. The maximum atomic E-state index is 13.0. The van der Waals surface area contributed by atoms with Gasteiger partial charge in [0.1, 0.15) is 0 Å². The second-order valence-corrected chi connectivity index (χ2v) is 8.89. The summed E-state index contributed by atoms with van der Waals surface area (Å²) >= 11 is 1.35. The molecule has 4 atom stereocenters. The molecule has 1 spiro atoms. The molecule has 25 heavy (non-hydrogen) atoms. The lowest BCUT2D eigenvalue weighted by Crippen LogP contribution is -2.44. The first-order chi connectivity index (χ1) is 12.2. The number of hydrogen-bond acceptors (Lipinski definition) is 4. The molecule has 2 aliphatic carbocycles. The third kappa shape index (κ3) is 2.34. The number of rotatable bonds is 2. The smallest absolute Gasteiger partial charge is 0.253 e. The first-order valence-corrected chi connectivity index (χ1v) is 9.93. The maximum absolute atomic E-state index is 13.0. The van der Waals surface area contributed by atoms with E-state index in [0.717, 1.165) is 18.0 Å². The Morgan fingerprint density at radius 1 is 1.16 bits per heavy atom. The molecule has 4 fully saturated rings. The highest BCUT2D eigenvalue weighted by Gasteiger charge is 2.58. The molecule has 2 aliphatic heterocycles. The Bertz CT molecular complexity index is 765. The molecule has 5 rings (SSSR count). The second-order valence-electron chi connectivity index (χ2n) is 7.60. The molecule has 2 amide bonds. The monoisotopic (exact) mass is 355 g/mol. The zero-order valence-corrected chi connectivity index (χ0v) is 14.8. The normalized spacial score (nSPS) is 38.3. The van der Waals surface area contributed by atoms with Gasteiger partial charge in [-0.1, -0.05) is 36.4 Å². The minimum Gasteiger partial charge on any atom is -0.311 e. The van der Waals surface area contributed by atoms with E-state index in [1.807, 2.05) is 30.3 Å². The molecule has 1 aromatic rings. The van der Waals surface area contributed by atoms with Crippen molar-refractivity contribution in [1.29, 1.82) is 0 Å². The minimum absolute atomic E-state index is 0.112. The van der Waals surface area contributed by atoms with E-state index in [9.17, 15) is 9.59 Å². The van der Waals surface area contributed by atoms with Crippen LogP contribution in [0.15, 0.2) is 35.3 Å². The SMILES string of the molecule is O=C1NC(=N[C@H]2C[C@@H]3CCC2C3)SC12CCN(c1ccccc1)C2=O. The fraction of sp³-hybridized carbons (Fsp3) is 0.526. The Morgan fingerprint density at radius 3 is 2.72 bits per heavy atom. The summed E-state index contributed by atoms with van der Waals surface area (Å²) < 4.78 is -1.02. The van der Waals surface area contributed by atoms with Crippen LogP contribution in [-0.2, 0) is 9.59 Å². The van der Waals surface area contributed by atoms with Crippen molar-refractivity contribution >= 4 is 34.4 Å². The third-order valence-electron chi connectivity index (χ3n) is 6.19. The van der Waals surface area contributed by atoms with E-state index in [4.69, 9.17) is 4.99 Å². The first kappa shape index (κ1) is 15.4. The van der Waals surface area contributed by atoms with Gasteiger partial charge in [-0.2, -0.15) is 0 Å². The number of aliphatic imine (C=N–C) groups is 1. The number of amidine groups is 1. The zero-order chi connectivity index (χ0) is 17.0. The number of fused-ring (bicyclic) bond motifs is 2. The third-order valence-corrected chi connectivity index (χ3v) is 7.50. The quantitative estimate of drug-likeness (QED) is 0.830. The average molecular weight is 355 g/mol. The van der Waals surface area contributed by atoms with Crippen molar-refractivity contribution in [2.75, 3.05) is 11.4 Å². The fourth-order valence-electron chi connectivity index (χ4n) is 4.87. The minimum atomic E-state index is -1.02. The van der Waals surface area contributed by atoms with Crippen molar-refractivity contribution in [2.24, 2.45) is 16.8 Å². The summed E-state index contributed by atoms with van der Waals surface area (Å²) in [7, 11) is 0. The summed E-state index contributed by atoms with van der Waals surface area (Å²) in [5.74, 6) is 1.19. The van der Waals surface area contributed by atoms with Crippen molar-refractivity contribution < 1.29 is 9.59 Å². The summed E-state index contributed by atoms with van der Waals surface area (Å²) in [5.41, 5.74) is 0.858. The van der Waals surface area contributed by atoms with Gasteiger partial charge < -0.3 is 10.2 Å². The van der Waals surface area contributed by atoms with E-state index in [1.54, 1.807) is 4.90 Å². The molecule has 1 aromatic carbocycles. The molecular weight excluding hydrogens is 334 g/mol. The fourth-order valence-corrected chi connectivity index (χ4v) is 6.07. The van der Waals surface area contributed by atoms with Gasteiger partial charge in [-0.05, 0) is 49.7 Å². The van der Waals surface area contributed by atoms with E-state index >= 15 is 0 Å². The van der Waals surface area contributed by atoms with E-state index in [2.05, 4.69) is 5.32 Å². The Balaban J connectivity index is 1.38. The number of nitrogens with zero attached hydrogens (tertiary/aromatic N) is 2. The van der Waals surface area contributed by atoms with E-state index < -0.39 is 4.75 Å². The number of carbonyl (C=O) groups is 2. The van der Waals surface area contributed by atoms with Crippen LogP contribution in [0.4, 0.5) is 5.69 Å². The van der Waals surface area contributed by atoms with Crippen LogP contribution < -0.4 is 10.2 Å². The molecule has 0 radical (unpaired) electrons. The number of thioether (sulfide) groups is 1. The lowest BCUT2D eigenvalue weighted by atomic mass is 9.96. The predicted octanol–water partition coefficient (Wildman–Crippen LogP) is 2.57. The Kier molecular flexibility index (Phi) is 3.45. The number of anilines is 1. The van der Waals surface area contributed by atoms with Crippen LogP contribution in [0.5, 0.6) is 0 Å². The van der Waals surface area contributed by atoms with Crippen molar-refractivity contribution in [2.45, 2.75) is 42.9 Å². The number of carbonyl (C=O) groups excluding carboxylic acids is 2. The van der Waals surface area contributed by atoms with Gasteiger partial charge in [-0.25, -0.2) is 0 Å². The van der Waals surface area contributed by atoms with Crippen LogP contribution in [0.2, 0.25) is 0 Å². The van der Waals surface area contributed by atoms with Crippen LogP contribution >= 0.6 is 11.8 Å².